The minimum atomic E-state index is -3.42. The maximum atomic E-state index is 12.2. The standard InChI is InChI=1S/C11H14BrNO2S/c1-4-7-13(3)16(14,15)11-8-10(12)6-5-9(11)2/h4-6,8H,1,7H2,2-3H3. The van der Waals surface area contributed by atoms with Crippen LogP contribution >= 0.6 is 15.9 Å². The minimum absolute atomic E-state index is 0.300. The quantitative estimate of drug-likeness (QED) is 0.802. The zero-order valence-electron chi connectivity index (χ0n) is 9.27. The maximum Gasteiger partial charge on any atom is 0.243 e. The average molecular weight is 304 g/mol. The van der Waals surface area contributed by atoms with Crippen LogP contribution in [0.3, 0.4) is 0 Å². The predicted molar refractivity (Wildman–Crippen MR) is 68.9 cm³/mol. The molecule has 1 rings (SSSR count). The Hall–Kier alpha value is -0.650. The SMILES string of the molecule is C=CCN(C)S(=O)(=O)c1cc(Br)ccc1C. The van der Waals surface area contributed by atoms with E-state index in [1.54, 1.807) is 25.1 Å². The molecule has 0 heterocycles. The number of hydrogen-bond donors (Lipinski definition) is 0. The molecule has 0 saturated carbocycles. The van der Waals surface area contributed by atoms with E-state index in [1.807, 2.05) is 6.07 Å². The largest absolute Gasteiger partial charge is 0.243 e. The molecule has 5 heteroatoms. The fourth-order valence-corrected chi connectivity index (χ4v) is 3.20. The Morgan fingerprint density at radius 2 is 2.12 bits per heavy atom. The van der Waals surface area contributed by atoms with Gasteiger partial charge in [-0.15, -0.1) is 6.58 Å². The van der Waals surface area contributed by atoms with Gasteiger partial charge in [-0.1, -0.05) is 28.1 Å². The zero-order chi connectivity index (χ0) is 12.3. The number of nitrogens with zero attached hydrogens (tertiary/aromatic N) is 1. The van der Waals surface area contributed by atoms with Crippen molar-refractivity contribution in [1.29, 1.82) is 0 Å². The van der Waals surface area contributed by atoms with Crippen molar-refractivity contribution in [2.45, 2.75) is 11.8 Å². The van der Waals surface area contributed by atoms with Crippen molar-refractivity contribution >= 4 is 26.0 Å². The van der Waals surface area contributed by atoms with E-state index in [2.05, 4.69) is 22.5 Å². The van der Waals surface area contributed by atoms with Crippen molar-refractivity contribution in [2.75, 3.05) is 13.6 Å². The second kappa shape index (κ2) is 5.12. The van der Waals surface area contributed by atoms with Gasteiger partial charge in [0.2, 0.25) is 10.0 Å². The minimum Gasteiger partial charge on any atom is -0.207 e. The second-order valence-electron chi connectivity index (χ2n) is 3.48. The summed E-state index contributed by atoms with van der Waals surface area (Å²) < 4.78 is 26.3. The monoisotopic (exact) mass is 303 g/mol. The lowest BCUT2D eigenvalue weighted by Crippen LogP contribution is -2.27. The Labute approximate surface area is 105 Å². The van der Waals surface area contributed by atoms with Crippen molar-refractivity contribution in [3.63, 3.8) is 0 Å². The van der Waals surface area contributed by atoms with Crippen LogP contribution in [0.2, 0.25) is 0 Å². The highest BCUT2D eigenvalue weighted by Gasteiger charge is 2.21. The van der Waals surface area contributed by atoms with E-state index in [-0.39, 0.29) is 0 Å². The fraction of sp³-hybridized carbons (Fsp3) is 0.273. The molecule has 0 aliphatic rings. The molecule has 0 fully saturated rings. The summed E-state index contributed by atoms with van der Waals surface area (Å²) in [7, 11) is -1.88. The van der Waals surface area contributed by atoms with Crippen LogP contribution in [-0.2, 0) is 10.0 Å². The average Bonchev–Trinajstić information content (AvgIpc) is 2.22. The van der Waals surface area contributed by atoms with Gasteiger partial charge in [0.1, 0.15) is 0 Å². The van der Waals surface area contributed by atoms with Gasteiger partial charge in [0, 0.05) is 18.1 Å². The highest BCUT2D eigenvalue weighted by atomic mass is 79.9. The highest BCUT2D eigenvalue weighted by molar-refractivity contribution is 9.10. The Morgan fingerprint density at radius 3 is 2.69 bits per heavy atom. The molecule has 0 aliphatic heterocycles. The Morgan fingerprint density at radius 1 is 1.50 bits per heavy atom. The first-order chi connectivity index (χ1) is 7.39. The Bertz CT molecular complexity index is 497. The lowest BCUT2D eigenvalue weighted by Gasteiger charge is -2.16. The number of rotatable bonds is 4. The summed E-state index contributed by atoms with van der Waals surface area (Å²) in [6.07, 6.45) is 1.56. The van der Waals surface area contributed by atoms with Crippen LogP contribution in [0.5, 0.6) is 0 Å². The number of aryl methyl sites for hydroxylation is 1. The molecule has 0 radical (unpaired) electrons. The summed E-state index contributed by atoms with van der Waals surface area (Å²) >= 11 is 3.27. The molecule has 88 valence electrons. The van der Waals surface area contributed by atoms with Crippen molar-refractivity contribution in [3.05, 3.63) is 40.9 Å². The van der Waals surface area contributed by atoms with E-state index in [0.29, 0.717) is 11.4 Å². The zero-order valence-corrected chi connectivity index (χ0v) is 11.7. The van der Waals surface area contributed by atoms with Crippen molar-refractivity contribution in [3.8, 4) is 0 Å². The molecule has 16 heavy (non-hydrogen) atoms. The molecular formula is C11H14BrNO2S. The molecule has 1 aromatic rings. The first kappa shape index (κ1) is 13.4. The third-order valence-corrected chi connectivity index (χ3v) is 4.68. The summed E-state index contributed by atoms with van der Waals surface area (Å²) in [5.41, 5.74) is 0.735. The summed E-state index contributed by atoms with van der Waals surface area (Å²) in [4.78, 5) is 0.325. The predicted octanol–water partition coefficient (Wildman–Crippen LogP) is 2.56. The van der Waals surface area contributed by atoms with Crippen LogP contribution in [0.25, 0.3) is 0 Å². The maximum absolute atomic E-state index is 12.2. The van der Waals surface area contributed by atoms with Gasteiger partial charge < -0.3 is 0 Å². The van der Waals surface area contributed by atoms with Crippen LogP contribution in [0.1, 0.15) is 5.56 Å². The molecule has 0 amide bonds. The molecule has 0 aromatic heterocycles. The van der Waals surface area contributed by atoms with Crippen LogP contribution in [-0.4, -0.2) is 26.3 Å². The molecule has 0 unspecified atom stereocenters. The van der Waals surface area contributed by atoms with Crippen LogP contribution in [0.15, 0.2) is 40.2 Å². The molecular weight excluding hydrogens is 290 g/mol. The van der Waals surface area contributed by atoms with Crippen LogP contribution in [0.4, 0.5) is 0 Å². The highest BCUT2D eigenvalue weighted by Crippen LogP contribution is 2.22. The van der Waals surface area contributed by atoms with Gasteiger partial charge in [-0.3, -0.25) is 0 Å². The molecule has 0 bridgehead atoms. The lowest BCUT2D eigenvalue weighted by molar-refractivity contribution is 0.499. The number of hydrogen-bond acceptors (Lipinski definition) is 2. The van der Waals surface area contributed by atoms with E-state index < -0.39 is 10.0 Å². The van der Waals surface area contributed by atoms with Crippen molar-refractivity contribution in [1.82, 2.24) is 4.31 Å². The molecule has 3 nitrogen and oxygen atoms in total. The lowest BCUT2D eigenvalue weighted by atomic mass is 10.2. The normalized spacial score (nSPS) is 11.8. The number of likely N-dealkylation sites (N-methyl/N-ethyl adjacent to an activating group) is 1. The fourth-order valence-electron chi connectivity index (χ4n) is 1.30. The number of benzene rings is 1. The van der Waals surface area contributed by atoms with Crippen LogP contribution < -0.4 is 0 Å². The molecule has 0 N–H and O–H groups in total. The summed E-state index contributed by atoms with van der Waals surface area (Å²) in [5, 5.41) is 0. The first-order valence-corrected chi connectivity index (χ1v) is 6.96. The van der Waals surface area contributed by atoms with E-state index >= 15 is 0 Å². The van der Waals surface area contributed by atoms with E-state index in [1.165, 1.54) is 11.4 Å². The van der Waals surface area contributed by atoms with E-state index in [0.717, 1.165) is 10.0 Å². The van der Waals surface area contributed by atoms with E-state index in [9.17, 15) is 8.42 Å². The first-order valence-electron chi connectivity index (χ1n) is 4.73. The second-order valence-corrected chi connectivity index (χ2v) is 6.41. The summed E-state index contributed by atoms with van der Waals surface area (Å²) in [6.45, 7) is 5.61. The van der Waals surface area contributed by atoms with Gasteiger partial charge in [-0.05, 0) is 24.6 Å². The third kappa shape index (κ3) is 2.72. The van der Waals surface area contributed by atoms with Crippen molar-refractivity contribution < 1.29 is 8.42 Å². The Kier molecular flexibility index (Phi) is 4.29. The molecule has 0 saturated heterocycles. The molecule has 0 spiro atoms. The molecule has 0 atom stereocenters. The van der Waals surface area contributed by atoms with Gasteiger partial charge in [-0.25, -0.2) is 8.42 Å². The topological polar surface area (TPSA) is 37.4 Å². The number of sulfonamides is 1. The van der Waals surface area contributed by atoms with Gasteiger partial charge in [0.15, 0.2) is 0 Å². The van der Waals surface area contributed by atoms with Gasteiger partial charge in [0.25, 0.3) is 0 Å². The number of halogens is 1. The third-order valence-electron chi connectivity index (χ3n) is 2.22. The molecule has 1 aromatic carbocycles. The van der Waals surface area contributed by atoms with Gasteiger partial charge in [-0.2, -0.15) is 4.31 Å². The Balaban J connectivity index is 3.26. The van der Waals surface area contributed by atoms with Gasteiger partial charge >= 0.3 is 0 Å². The van der Waals surface area contributed by atoms with Crippen LogP contribution in [0, 0.1) is 6.92 Å². The van der Waals surface area contributed by atoms with Gasteiger partial charge in [0.05, 0.1) is 4.90 Å². The smallest absolute Gasteiger partial charge is 0.207 e. The summed E-state index contributed by atoms with van der Waals surface area (Å²) in [5.74, 6) is 0. The molecule has 0 aliphatic carbocycles. The summed E-state index contributed by atoms with van der Waals surface area (Å²) in [6, 6.07) is 5.21. The van der Waals surface area contributed by atoms with Crippen molar-refractivity contribution in [2.24, 2.45) is 0 Å². The van der Waals surface area contributed by atoms with E-state index in [4.69, 9.17) is 0 Å².